The predicted molar refractivity (Wildman–Crippen MR) is 140 cm³/mol. The number of carbonyl (C=O) groups is 1. The van der Waals surface area contributed by atoms with Crippen molar-refractivity contribution in [2.75, 3.05) is 10.5 Å². The summed E-state index contributed by atoms with van der Waals surface area (Å²) in [6.45, 7) is 3.80. The van der Waals surface area contributed by atoms with E-state index in [-0.39, 0.29) is 32.9 Å². The minimum Gasteiger partial charge on any atom is -0.506 e. The third-order valence-corrected chi connectivity index (χ3v) is 7.80. The van der Waals surface area contributed by atoms with Crippen molar-refractivity contribution in [2.24, 2.45) is 5.92 Å². The van der Waals surface area contributed by atoms with Crippen molar-refractivity contribution < 1.29 is 28.4 Å². The number of anilines is 1. The van der Waals surface area contributed by atoms with E-state index in [0.717, 1.165) is 11.8 Å². The van der Waals surface area contributed by atoms with Gasteiger partial charge in [-0.1, -0.05) is 49.7 Å². The average Bonchev–Trinajstić information content (AvgIpc) is 2.79. The van der Waals surface area contributed by atoms with E-state index in [1.807, 2.05) is 13.8 Å². The third-order valence-electron chi connectivity index (χ3n) is 5.14. The first-order chi connectivity index (χ1) is 16.5. The van der Waals surface area contributed by atoms with E-state index in [1.54, 1.807) is 24.3 Å². The minimum absolute atomic E-state index is 0.0198. The number of hydrogen-bond acceptors (Lipinski definition) is 7. The number of aromatic hydroxyl groups is 1. The van der Waals surface area contributed by atoms with Crippen molar-refractivity contribution >= 4 is 62.9 Å². The number of hydrogen-bond donors (Lipinski definition) is 5. The van der Waals surface area contributed by atoms with Gasteiger partial charge in [0.2, 0.25) is 5.91 Å². The SMILES string of the molecule is CC(C)C[C@H](NC(=O)CSc1cc(NS(=O)(=O)c2ccc(Cl)cc2)c2ccccc2c1O)B(O)O. The zero-order valence-electron chi connectivity index (χ0n) is 19.1. The smallest absolute Gasteiger partial charge is 0.475 e. The van der Waals surface area contributed by atoms with Gasteiger partial charge in [-0.3, -0.25) is 9.52 Å². The van der Waals surface area contributed by atoms with Crippen LogP contribution in [-0.2, 0) is 14.8 Å². The molecular weight excluding hydrogens is 511 g/mol. The molecule has 186 valence electrons. The molecule has 1 atom stereocenters. The molecule has 1 amide bonds. The lowest BCUT2D eigenvalue weighted by Crippen LogP contribution is -2.47. The Morgan fingerprint density at radius 2 is 1.71 bits per heavy atom. The van der Waals surface area contributed by atoms with Crippen LogP contribution in [-0.4, -0.2) is 48.3 Å². The van der Waals surface area contributed by atoms with Crippen LogP contribution in [0.5, 0.6) is 5.75 Å². The largest absolute Gasteiger partial charge is 0.506 e. The molecule has 0 unspecified atom stereocenters. The molecule has 0 spiro atoms. The molecule has 3 rings (SSSR count). The lowest BCUT2D eigenvalue weighted by Gasteiger charge is -2.20. The summed E-state index contributed by atoms with van der Waals surface area (Å²) in [6.07, 6.45) is 0.381. The molecule has 3 aromatic rings. The van der Waals surface area contributed by atoms with Crippen LogP contribution in [0.3, 0.4) is 0 Å². The fourth-order valence-electron chi connectivity index (χ4n) is 3.50. The second-order valence-electron chi connectivity index (χ2n) is 8.38. The van der Waals surface area contributed by atoms with Crippen LogP contribution in [0.4, 0.5) is 5.69 Å². The molecule has 5 N–H and O–H groups in total. The predicted octanol–water partition coefficient (Wildman–Crippen LogP) is 3.63. The fraction of sp³-hybridized carbons (Fsp3) is 0.261. The minimum atomic E-state index is -3.95. The highest BCUT2D eigenvalue weighted by atomic mass is 35.5. The first-order valence-electron chi connectivity index (χ1n) is 10.8. The first-order valence-corrected chi connectivity index (χ1v) is 13.6. The number of rotatable bonds is 10. The van der Waals surface area contributed by atoms with Crippen LogP contribution in [0, 0.1) is 5.92 Å². The van der Waals surface area contributed by atoms with Crippen molar-refractivity contribution in [3.05, 3.63) is 59.6 Å². The van der Waals surface area contributed by atoms with Gasteiger partial charge in [0.1, 0.15) is 5.75 Å². The summed E-state index contributed by atoms with van der Waals surface area (Å²) in [5, 5.41) is 33.8. The van der Waals surface area contributed by atoms with Gasteiger partial charge in [-0.15, -0.1) is 11.8 Å². The van der Waals surface area contributed by atoms with Crippen LogP contribution in [0.15, 0.2) is 64.4 Å². The molecule has 0 radical (unpaired) electrons. The fourth-order valence-corrected chi connectivity index (χ4v) is 5.52. The number of phenols is 1. The van der Waals surface area contributed by atoms with Gasteiger partial charge in [-0.2, -0.15) is 0 Å². The van der Waals surface area contributed by atoms with Crippen LogP contribution in [0.25, 0.3) is 10.8 Å². The van der Waals surface area contributed by atoms with E-state index in [9.17, 15) is 28.4 Å². The van der Waals surface area contributed by atoms with Crippen molar-refractivity contribution in [1.29, 1.82) is 0 Å². The van der Waals surface area contributed by atoms with Gasteiger partial charge in [0.15, 0.2) is 0 Å². The van der Waals surface area contributed by atoms with E-state index in [0.29, 0.717) is 22.2 Å². The van der Waals surface area contributed by atoms with Gasteiger partial charge < -0.3 is 20.5 Å². The van der Waals surface area contributed by atoms with Gasteiger partial charge in [0.25, 0.3) is 10.0 Å². The lowest BCUT2D eigenvalue weighted by atomic mass is 9.75. The molecule has 0 aliphatic rings. The Morgan fingerprint density at radius 1 is 1.09 bits per heavy atom. The average molecular weight is 537 g/mol. The number of phenolic OH excluding ortho intramolecular Hbond substituents is 1. The number of halogens is 1. The third kappa shape index (κ3) is 7.05. The highest BCUT2D eigenvalue weighted by Crippen LogP contribution is 2.40. The second-order valence-corrected chi connectivity index (χ2v) is 11.5. The van der Waals surface area contributed by atoms with E-state index in [4.69, 9.17) is 11.6 Å². The molecule has 0 aliphatic carbocycles. The zero-order valence-corrected chi connectivity index (χ0v) is 21.5. The number of benzene rings is 3. The Balaban J connectivity index is 1.87. The normalized spacial score (nSPS) is 12.5. The van der Waals surface area contributed by atoms with Crippen LogP contribution >= 0.6 is 23.4 Å². The molecule has 3 aromatic carbocycles. The standard InChI is InChI=1S/C23H26BClN2O6S2/c1-14(2)11-21(24(30)31)26-22(28)13-34-20-12-19(17-5-3-4-6-18(17)23(20)29)27-35(32,33)16-9-7-15(25)8-10-16/h3-10,12,14,21,27,29-31H,11,13H2,1-2H3,(H,26,28)/t21-/m0/s1. The Kier molecular flexibility index (Phi) is 8.95. The summed E-state index contributed by atoms with van der Waals surface area (Å²) in [7, 11) is -5.65. The van der Waals surface area contributed by atoms with Crippen molar-refractivity contribution in [2.45, 2.75) is 36.0 Å². The van der Waals surface area contributed by atoms with Gasteiger partial charge >= 0.3 is 7.12 Å². The van der Waals surface area contributed by atoms with E-state index in [1.165, 1.54) is 30.3 Å². The maximum absolute atomic E-state index is 13.0. The molecule has 8 nitrogen and oxygen atoms in total. The molecule has 12 heteroatoms. The molecule has 0 heterocycles. The number of carbonyl (C=O) groups excluding carboxylic acids is 1. The van der Waals surface area contributed by atoms with Crippen LogP contribution in [0.2, 0.25) is 5.02 Å². The summed E-state index contributed by atoms with van der Waals surface area (Å²) in [6, 6.07) is 13.9. The molecule has 0 saturated carbocycles. The number of sulfonamides is 1. The number of thioether (sulfide) groups is 1. The van der Waals surface area contributed by atoms with E-state index >= 15 is 0 Å². The monoisotopic (exact) mass is 536 g/mol. The summed E-state index contributed by atoms with van der Waals surface area (Å²) in [5.74, 6) is -1.36. The molecule has 35 heavy (non-hydrogen) atoms. The van der Waals surface area contributed by atoms with Crippen LogP contribution < -0.4 is 10.0 Å². The molecule has 0 bridgehead atoms. The Hall–Kier alpha value is -2.44. The Bertz CT molecular complexity index is 1300. The molecule has 0 aliphatic heterocycles. The molecule has 0 saturated heterocycles. The van der Waals surface area contributed by atoms with Gasteiger partial charge in [-0.05, 0) is 42.7 Å². The highest BCUT2D eigenvalue weighted by molar-refractivity contribution is 8.00. The molecule has 0 fully saturated rings. The van der Waals surface area contributed by atoms with E-state index in [2.05, 4.69) is 10.0 Å². The second kappa shape index (κ2) is 11.5. The molecule has 0 aromatic heterocycles. The Labute approximate surface area is 213 Å². The van der Waals surface area contributed by atoms with Crippen molar-refractivity contribution in [3.8, 4) is 5.75 Å². The first kappa shape index (κ1) is 27.2. The number of fused-ring (bicyclic) bond motifs is 1. The summed E-state index contributed by atoms with van der Waals surface area (Å²) in [4.78, 5) is 12.8. The van der Waals surface area contributed by atoms with Crippen LogP contribution in [0.1, 0.15) is 20.3 Å². The zero-order chi connectivity index (χ0) is 25.8. The highest BCUT2D eigenvalue weighted by Gasteiger charge is 2.26. The summed E-state index contributed by atoms with van der Waals surface area (Å²) < 4.78 is 28.5. The topological polar surface area (TPSA) is 136 Å². The Morgan fingerprint density at radius 3 is 2.31 bits per heavy atom. The van der Waals surface area contributed by atoms with Crippen molar-refractivity contribution in [3.63, 3.8) is 0 Å². The van der Waals surface area contributed by atoms with Gasteiger partial charge in [0, 0.05) is 15.8 Å². The summed E-state index contributed by atoms with van der Waals surface area (Å²) in [5.41, 5.74) is 0.236. The lowest BCUT2D eigenvalue weighted by molar-refractivity contribution is -0.119. The van der Waals surface area contributed by atoms with Gasteiger partial charge in [-0.25, -0.2) is 8.42 Å². The van der Waals surface area contributed by atoms with E-state index < -0.39 is 29.0 Å². The maximum atomic E-state index is 13.0. The number of amides is 1. The van der Waals surface area contributed by atoms with Gasteiger partial charge in [0.05, 0.1) is 27.2 Å². The quantitative estimate of drug-likeness (QED) is 0.152. The number of nitrogens with one attached hydrogen (secondary N) is 2. The maximum Gasteiger partial charge on any atom is 0.475 e. The summed E-state index contributed by atoms with van der Waals surface area (Å²) >= 11 is 6.87. The van der Waals surface area contributed by atoms with Crippen molar-refractivity contribution in [1.82, 2.24) is 5.32 Å². The molecular formula is C23H26BClN2O6S2.